The number of β-amino-alcohol motifs (C(OH)–C–C–N with tert-alkyl or cyclic N) is 1. The molecule has 0 aromatic heterocycles. The molecule has 0 spiro atoms. The fourth-order valence-corrected chi connectivity index (χ4v) is 2.34. The fourth-order valence-electron chi connectivity index (χ4n) is 2.34. The molecule has 0 aromatic rings. The Morgan fingerprint density at radius 3 is 2.44 bits per heavy atom. The van der Waals surface area contributed by atoms with Crippen molar-refractivity contribution in [3.05, 3.63) is 0 Å². The molecule has 0 bridgehead atoms. The van der Waals surface area contributed by atoms with Gasteiger partial charge in [-0.05, 0) is 38.8 Å². The van der Waals surface area contributed by atoms with E-state index >= 15 is 0 Å². The van der Waals surface area contributed by atoms with Gasteiger partial charge >= 0.3 is 5.97 Å². The van der Waals surface area contributed by atoms with E-state index in [4.69, 9.17) is 5.11 Å². The van der Waals surface area contributed by atoms with Gasteiger partial charge in [0.1, 0.15) is 0 Å². The van der Waals surface area contributed by atoms with Gasteiger partial charge in [0.05, 0.1) is 0 Å². The van der Waals surface area contributed by atoms with Crippen molar-refractivity contribution in [1.29, 1.82) is 0 Å². The van der Waals surface area contributed by atoms with Crippen molar-refractivity contribution in [2.24, 2.45) is 5.92 Å². The first-order chi connectivity index (χ1) is 7.45. The lowest BCUT2D eigenvalue weighted by Crippen LogP contribution is -2.49. The Morgan fingerprint density at radius 1 is 1.44 bits per heavy atom. The minimum absolute atomic E-state index is 0.237. The van der Waals surface area contributed by atoms with Crippen LogP contribution in [-0.4, -0.2) is 46.3 Å². The summed E-state index contributed by atoms with van der Waals surface area (Å²) in [7, 11) is 0. The largest absolute Gasteiger partial charge is 0.479 e. The highest BCUT2D eigenvalue weighted by molar-refractivity contribution is 5.76. The molecule has 1 heterocycles. The third kappa shape index (κ3) is 3.76. The van der Waals surface area contributed by atoms with Crippen LogP contribution in [0.3, 0.4) is 0 Å². The van der Waals surface area contributed by atoms with Gasteiger partial charge in [-0.15, -0.1) is 0 Å². The zero-order chi connectivity index (χ0) is 12.2. The lowest BCUT2D eigenvalue weighted by molar-refractivity contribution is -0.158. The van der Waals surface area contributed by atoms with E-state index < -0.39 is 11.6 Å². The zero-order valence-corrected chi connectivity index (χ0v) is 10.3. The molecule has 0 aliphatic carbocycles. The number of carboxylic acids is 1. The molecule has 0 amide bonds. The highest BCUT2D eigenvalue weighted by Crippen LogP contribution is 2.22. The van der Waals surface area contributed by atoms with E-state index in [-0.39, 0.29) is 6.54 Å². The molecular weight excluding hydrogens is 206 g/mol. The minimum atomic E-state index is -1.61. The molecule has 16 heavy (non-hydrogen) atoms. The number of aliphatic hydroxyl groups is 1. The van der Waals surface area contributed by atoms with E-state index in [0.29, 0.717) is 0 Å². The van der Waals surface area contributed by atoms with Crippen molar-refractivity contribution in [1.82, 2.24) is 4.90 Å². The predicted octanol–water partition coefficient (Wildman–Crippen LogP) is 1.33. The molecular formula is C12H23NO3. The van der Waals surface area contributed by atoms with E-state index in [1.165, 1.54) is 19.8 Å². The van der Waals surface area contributed by atoms with Gasteiger partial charge in [-0.1, -0.05) is 19.8 Å². The summed E-state index contributed by atoms with van der Waals surface area (Å²) >= 11 is 0. The number of likely N-dealkylation sites (tertiary alicyclic amines) is 1. The number of hydrogen-bond acceptors (Lipinski definition) is 3. The standard InChI is InChI=1S/C12H23NO3/c1-3-4-10-5-7-13(8-6-10)9-12(2,16)11(14)15/h10,16H,3-9H2,1-2H3,(H,14,15). The van der Waals surface area contributed by atoms with Crippen molar-refractivity contribution in [2.75, 3.05) is 19.6 Å². The van der Waals surface area contributed by atoms with E-state index in [1.54, 1.807) is 0 Å². The maximum absolute atomic E-state index is 10.8. The molecule has 94 valence electrons. The summed E-state index contributed by atoms with van der Waals surface area (Å²) in [4.78, 5) is 12.8. The van der Waals surface area contributed by atoms with E-state index in [0.717, 1.165) is 31.8 Å². The molecule has 4 heteroatoms. The Hall–Kier alpha value is -0.610. The number of carboxylic acid groups (broad SMARTS) is 1. The number of nitrogens with zero attached hydrogens (tertiary/aromatic N) is 1. The maximum atomic E-state index is 10.8. The molecule has 1 rings (SSSR count). The van der Waals surface area contributed by atoms with Gasteiger partial charge in [0, 0.05) is 6.54 Å². The molecule has 0 aromatic carbocycles. The van der Waals surface area contributed by atoms with Crippen LogP contribution in [0.2, 0.25) is 0 Å². The summed E-state index contributed by atoms with van der Waals surface area (Å²) in [5.74, 6) is -0.348. The third-order valence-electron chi connectivity index (χ3n) is 3.40. The van der Waals surface area contributed by atoms with Crippen LogP contribution in [0, 0.1) is 5.92 Å². The molecule has 0 radical (unpaired) electrons. The highest BCUT2D eigenvalue weighted by atomic mass is 16.4. The van der Waals surface area contributed by atoms with Crippen LogP contribution in [0.4, 0.5) is 0 Å². The van der Waals surface area contributed by atoms with E-state index in [9.17, 15) is 9.90 Å². The van der Waals surface area contributed by atoms with E-state index in [1.807, 2.05) is 0 Å². The number of rotatable bonds is 5. The number of aliphatic carboxylic acids is 1. The van der Waals surface area contributed by atoms with Crippen molar-refractivity contribution < 1.29 is 15.0 Å². The van der Waals surface area contributed by atoms with Crippen LogP contribution in [0.1, 0.15) is 39.5 Å². The molecule has 1 saturated heterocycles. The SMILES string of the molecule is CCCC1CCN(CC(C)(O)C(=O)O)CC1. The lowest BCUT2D eigenvalue weighted by Gasteiger charge is -2.35. The summed E-state index contributed by atoms with van der Waals surface area (Å²) < 4.78 is 0. The number of carbonyl (C=O) groups is 1. The number of hydrogen-bond donors (Lipinski definition) is 2. The normalized spacial score (nSPS) is 22.9. The van der Waals surface area contributed by atoms with Gasteiger partial charge in [-0.2, -0.15) is 0 Å². The van der Waals surface area contributed by atoms with Crippen LogP contribution < -0.4 is 0 Å². The lowest BCUT2D eigenvalue weighted by atomic mass is 9.92. The third-order valence-corrected chi connectivity index (χ3v) is 3.40. The Kier molecular flexibility index (Phi) is 4.74. The smallest absolute Gasteiger partial charge is 0.336 e. The van der Waals surface area contributed by atoms with Crippen LogP contribution in [-0.2, 0) is 4.79 Å². The van der Waals surface area contributed by atoms with Gasteiger partial charge in [0.25, 0.3) is 0 Å². The molecule has 4 nitrogen and oxygen atoms in total. The Morgan fingerprint density at radius 2 is 2.00 bits per heavy atom. The van der Waals surface area contributed by atoms with E-state index in [2.05, 4.69) is 11.8 Å². The number of piperidine rings is 1. The minimum Gasteiger partial charge on any atom is -0.479 e. The molecule has 1 fully saturated rings. The zero-order valence-electron chi connectivity index (χ0n) is 10.3. The average Bonchev–Trinajstić information content (AvgIpc) is 2.21. The second-order valence-electron chi connectivity index (χ2n) is 5.09. The molecule has 1 aliphatic rings. The first-order valence-electron chi connectivity index (χ1n) is 6.14. The first-order valence-corrected chi connectivity index (χ1v) is 6.14. The van der Waals surface area contributed by atoms with Crippen LogP contribution in [0.25, 0.3) is 0 Å². The predicted molar refractivity (Wildman–Crippen MR) is 62.3 cm³/mol. The van der Waals surface area contributed by atoms with Gasteiger partial charge in [-0.3, -0.25) is 4.90 Å². The van der Waals surface area contributed by atoms with Crippen LogP contribution in [0.5, 0.6) is 0 Å². The Bertz CT molecular complexity index is 232. The van der Waals surface area contributed by atoms with Gasteiger partial charge in [-0.25, -0.2) is 4.79 Å². The van der Waals surface area contributed by atoms with Crippen molar-refractivity contribution in [2.45, 2.75) is 45.1 Å². The molecule has 1 aliphatic heterocycles. The Labute approximate surface area is 97.3 Å². The van der Waals surface area contributed by atoms with Crippen molar-refractivity contribution in [3.63, 3.8) is 0 Å². The average molecular weight is 229 g/mol. The Balaban J connectivity index is 2.34. The summed E-state index contributed by atoms with van der Waals surface area (Å²) in [5.41, 5.74) is -1.61. The van der Waals surface area contributed by atoms with Gasteiger partial charge in [0.2, 0.25) is 0 Å². The summed E-state index contributed by atoms with van der Waals surface area (Å²) in [6.07, 6.45) is 4.74. The fraction of sp³-hybridized carbons (Fsp3) is 0.917. The molecule has 1 unspecified atom stereocenters. The second kappa shape index (κ2) is 5.64. The highest BCUT2D eigenvalue weighted by Gasteiger charge is 2.33. The second-order valence-corrected chi connectivity index (χ2v) is 5.09. The van der Waals surface area contributed by atoms with Crippen LogP contribution >= 0.6 is 0 Å². The molecule has 2 N–H and O–H groups in total. The monoisotopic (exact) mass is 229 g/mol. The summed E-state index contributed by atoms with van der Waals surface area (Å²) in [5, 5.41) is 18.5. The van der Waals surface area contributed by atoms with Crippen molar-refractivity contribution >= 4 is 5.97 Å². The van der Waals surface area contributed by atoms with Crippen molar-refractivity contribution in [3.8, 4) is 0 Å². The summed E-state index contributed by atoms with van der Waals surface area (Å²) in [6, 6.07) is 0. The first kappa shape index (κ1) is 13.5. The molecule has 1 atom stereocenters. The quantitative estimate of drug-likeness (QED) is 0.746. The summed E-state index contributed by atoms with van der Waals surface area (Å²) in [6.45, 7) is 5.62. The van der Waals surface area contributed by atoms with Gasteiger partial charge in [0.15, 0.2) is 5.60 Å². The van der Waals surface area contributed by atoms with Gasteiger partial charge < -0.3 is 10.2 Å². The molecule has 0 saturated carbocycles. The maximum Gasteiger partial charge on any atom is 0.336 e. The van der Waals surface area contributed by atoms with Crippen LogP contribution in [0.15, 0.2) is 0 Å². The topological polar surface area (TPSA) is 60.8 Å².